The smallest absolute Gasteiger partial charge is 0.129 e. The summed E-state index contributed by atoms with van der Waals surface area (Å²) < 4.78 is 6.94. The van der Waals surface area contributed by atoms with Crippen LogP contribution in [0.1, 0.15) is 12.0 Å². The molecular formula is C13H12IO. The number of hydrogen-bond acceptors (Lipinski definition) is 1. The monoisotopic (exact) mass is 311 g/mol. The lowest BCUT2D eigenvalue weighted by Crippen LogP contribution is -1.96. The molecule has 0 atom stereocenters. The lowest BCUT2D eigenvalue weighted by atomic mass is 10.2. The topological polar surface area (TPSA) is 9.23 Å². The van der Waals surface area contributed by atoms with Crippen molar-refractivity contribution in [2.45, 2.75) is 13.0 Å². The van der Waals surface area contributed by atoms with Gasteiger partial charge in [0.25, 0.3) is 0 Å². The normalized spacial score (nSPS) is 15.5. The Labute approximate surface area is 104 Å². The van der Waals surface area contributed by atoms with Crippen LogP contribution in [0.5, 0.6) is 0 Å². The number of allylic oxidation sites excluding steroid dienone is 3. The summed E-state index contributed by atoms with van der Waals surface area (Å²) in [5, 5.41) is 0. The molecule has 0 aliphatic heterocycles. The molecule has 2 heteroatoms. The van der Waals surface area contributed by atoms with Crippen LogP contribution in [0.3, 0.4) is 0 Å². The molecule has 1 aliphatic rings. The van der Waals surface area contributed by atoms with Crippen LogP contribution < -0.4 is 0 Å². The molecule has 15 heavy (non-hydrogen) atoms. The molecule has 0 fully saturated rings. The first-order chi connectivity index (χ1) is 7.36. The van der Waals surface area contributed by atoms with Crippen molar-refractivity contribution in [2.24, 2.45) is 0 Å². The fourth-order valence-corrected chi connectivity index (χ4v) is 1.97. The van der Waals surface area contributed by atoms with E-state index >= 15 is 0 Å². The molecule has 0 aromatic heterocycles. The quantitative estimate of drug-likeness (QED) is 0.766. The van der Waals surface area contributed by atoms with Gasteiger partial charge in [0.05, 0.1) is 0 Å². The van der Waals surface area contributed by atoms with Crippen LogP contribution in [0.15, 0.2) is 51.8 Å². The number of ether oxygens (including phenoxy) is 1. The Morgan fingerprint density at radius 2 is 2.00 bits per heavy atom. The van der Waals surface area contributed by atoms with E-state index in [0.29, 0.717) is 6.61 Å². The molecule has 0 heterocycles. The fourth-order valence-electron chi connectivity index (χ4n) is 1.38. The van der Waals surface area contributed by atoms with Crippen molar-refractivity contribution >= 4 is 22.6 Å². The summed E-state index contributed by atoms with van der Waals surface area (Å²) in [6, 6.07) is 10.2. The lowest BCUT2D eigenvalue weighted by Gasteiger charge is -2.12. The molecule has 0 amide bonds. The van der Waals surface area contributed by atoms with Gasteiger partial charge in [-0.15, -0.1) is 0 Å². The Hall–Kier alpha value is -0.770. The highest BCUT2D eigenvalue weighted by Gasteiger charge is 2.06. The van der Waals surface area contributed by atoms with Crippen LogP contribution in [-0.2, 0) is 11.3 Å². The van der Waals surface area contributed by atoms with Crippen LogP contribution in [0, 0.1) is 6.42 Å². The van der Waals surface area contributed by atoms with Gasteiger partial charge in [-0.1, -0.05) is 36.4 Å². The molecule has 1 radical (unpaired) electrons. The summed E-state index contributed by atoms with van der Waals surface area (Å²) >= 11 is 2.31. The molecular weight excluding hydrogens is 299 g/mol. The van der Waals surface area contributed by atoms with Crippen molar-refractivity contribution < 1.29 is 4.74 Å². The van der Waals surface area contributed by atoms with Crippen LogP contribution in [0.4, 0.5) is 0 Å². The fraction of sp³-hybridized carbons (Fsp3) is 0.154. The largest absolute Gasteiger partial charge is 0.488 e. The van der Waals surface area contributed by atoms with E-state index in [1.165, 1.54) is 9.14 Å². The lowest BCUT2D eigenvalue weighted by molar-refractivity contribution is 0.210. The van der Waals surface area contributed by atoms with Crippen molar-refractivity contribution in [3.63, 3.8) is 0 Å². The molecule has 0 saturated carbocycles. The van der Waals surface area contributed by atoms with E-state index in [1.54, 1.807) is 0 Å². The van der Waals surface area contributed by atoms with Gasteiger partial charge < -0.3 is 4.74 Å². The van der Waals surface area contributed by atoms with E-state index < -0.39 is 0 Å². The van der Waals surface area contributed by atoms with E-state index in [-0.39, 0.29) is 0 Å². The zero-order chi connectivity index (χ0) is 10.5. The van der Waals surface area contributed by atoms with E-state index in [9.17, 15) is 0 Å². The van der Waals surface area contributed by atoms with Crippen LogP contribution in [0.2, 0.25) is 0 Å². The first-order valence-electron chi connectivity index (χ1n) is 4.92. The highest BCUT2D eigenvalue weighted by Crippen LogP contribution is 2.25. The third-order valence-electron chi connectivity index (χ3n) is 2.17. The molecule has 0 spiro atoms. The molecule has 0 saturated heterocycles. The zero-order valence-corrected chi connectivity index (χ0v) is 10.5. The van der Waals surface area contributed by atoms with Crippen molar-refractivity contribution in [2.75, 3.05) is 0 Å². The number of halogens is 1. The van der Waals surface area contributed by atoms with Crippen molar-refractivity contribution in [1.82, 2.24) is 0 Å². The van der Waals surface area contributed by atoms with Gasteiger partial charge in [0.1, 0.15) is 12.4 Å². The average molecular weight is 311 g/mol. The Balaban J connectivity index is 1.96. The molecule has 1 aromatic rings. The molecule has 77 valence electrons. The average Bonchev–Trinajstić information content (AvgIpc) is 2.29. The summed E-state index contributed by atoms with van der Waals surface area (Å²) in [7, 11) is 0. The maximum absolute atomic E-state index is 5.74. The predicted octanol–water partition coefficient (Wildman–Crippen LogP) is 4.01. The minimum absolute atomic E-state index is 0.640. The van der Waals surface area contributed by atoms with Gasteiger partial charge in [0.15, 0.2) is 0 Å². The number of hydrogen-bond donors (Lipinski definition) is 0. The second-order valence-electron chi connectivity index (χ2n) is 3.33. The van der Waals surface area contributed by atoms with E-state index in [2.05, 4.69) is 47.2 Å². The minimum atomic E-state index is 0.640. The predicted molar refractivity (Wildman–Crippen MR) is 70.3 cm³/mol. The van der Waals surface area contributed by atoms with E-state index in [1.807, 2.05) is 24.3 Å². The van der Waals surface area contributed by atoms with Gasteiger partial charge in [0, 0.05) is 10.0 Å². The third-order valence-corrected chi connectivity index (χ3v) is 3.15. The second kappa shape index (κ2) is 5.35. The third kappa shape index (κ3) is 3.09. The Morgan fingerprint density at radius 1 is 1.20 bits per heavy atom. The van der Waals surface area contributed by atoms with Gasteiger partial charge in [-0.3, -0.25) is 0 Å². The molecule has 1 aliphatic carbocycles. The maximum Gasteiger partial charge on any atom is 0.129 e. The highest BCUT2D eigenvalue weighted by molar-refractivity contribution is 14.1. The first kappa shape index (κ1) is 10.7. The maximum atomic E-state index is 5.74. The molecule has 0 bridgehead atoms. The second-order valence-corrected chi connectivity index (χ2v) is 4.49. The van der Waals surface area contributed by atoms with Gasteiger partial charge >= 0.3 is 0 Å². The molecule has 0 unspecified atom stereocenters. The Morgan fingerprint density at radius 3 is 2.73 bits per heavy atom. The summed E-state index contributed by atoms with van der Waals surface area (Å²) in [5.74, 6) is 0.978. The molecule has 1 nitrogen and oxygen atoms in total. The molecule has 2 rings (SSSR count). The van der Waals surface area contributed by atoms with E-state index in [4.69, 9.17) is 4.74 Å². The summed E-state index contributed by atoms with van der Waals surface area (Å²) in [5.41, 5.74) is 1.20. The zero-order valence-electron chi connectivity index (χ0n) is 8.32. The Kier molecular flexibility index (Phi) is 3.83. The SMILES string of the molecule is IC1=C(OCc2ccccc2)C=CC[CH]1. The molecule has 0 N–H and O–H groups in total. The minimum Gasteiger partial charge on any atom is -0.488 e. The van der Waals surface area contributed by atoms with Gasteiger partial charge in [-0.05, 0) is 40.7 Å². The highest BCUT2D eigenvalue weighted by atomic mass is 127. The van der Waals surface area contributed by atoms with Crippen molar-refractivity contribution in [3.8, 4) is 0 Å². The van der Waals surface area contributed by atoms with Gasteiger partial charge in [0.2, 0.25) is 0 Å². The summed E-state index contributed by atoms with van der Waals surface area (Å²) in [6.07, 6.45) is 7.34. The number of rotatable bonds is 3. The van der Waals surface area contributed by atoms with Gasteiger partial charge in [-0.25, -0.2) is 0 Å². The van der Waals surface area contributed by atoms with Crippen LogP contribution in [0.25, 0.3) is 0 Å². The Bertz CT molecular complexity index is 379. The standard InChI is InChI=1S/C13H12IO/c14-12-8-4-5-9-13(12)15-10-11-6-2-1-3-7-11/h1-3,5-9H,4,10H2. The summed E-state index contributed by atoms with van der Waals surface area (Å²) in [4.78, 5) is 0. The first-order valence-corrected chi connectivity index (χ1v) is 6.00. The molecule has 1 aromatic carbocycles. The van der Waals surface area contributed by atoms with Crippen molar-refractivity contribution in [1.29, 1.82) is 0 Å². The van der Waals surface area contributed by atoms with Gasteiger partial charge in [-0.2, -0.15) is 0 Å². The van der Waals surface area contributed by atoms with Crippen molar-refractivity contribution in [3.05, 3.63) is 63.8 Å². The number of benzene rings is 1. The summed E-state index contributed by atoms with van der Waals surface area (Å²) in [6.45, 7) is 0.640. The van der Waals surface area contributed by atoms with Crippen LogP contribution >= 0.6 is 22.6 Å². The van der Waals surface area contributed by atoms with E-state index in [0.717, 1.165) is 12.2 Å². The van der Waals surface area contributed by atoms with Crippen LogP contribution in [-0.4, -0.2) is 0 Å².